The number of halogens is 2. The van der Waals surface area contributed by atoms with Gasteiger partial charge in [-0.1, -0.05) is 0 Å². The third kappa shape index (κ3) is 2.75. The fourth-order valence-electron chi connectivity index (χ4n) is 1.21. The molecule has 0 atom stereocenters. The van der Waals surface area contributed by atoms with Crippen molar-refractivity contribution in [1.29, 1.82) is 0 Å². The average Bonchev–Trinajstić information content (AvgIpc) is 2.75. The molecule has 0 saturated heterocycles. The second-order valence-corrected chi connectivity index (χ2v) is 5.70. The second kappa shape index (κ2) is 5.16. The maximum absolute atomic E-state index is 9.56. The number of phenolic OH excluding ortho intramolecular Hbond substituents is 1. The molecule has 1 aromatic heterocycles. The van der Waals surface area contributed by atoms with Gasteiger partial charge < -0.3 is 10.4 Å². The molecule has 0 saturated carbocycles. The molecule has 1 aromatic carbocycles. The molecule has 0 aliphatic heterocycles. The normalized spacial score (nSPS) is 10.4. The number of hydrogen-bond donors (Lipinski definition) is 2. The van der Waals surface area contributed by atoms with Crippen molar-refractivity contribution < 1.29 is 5.11 Å². The lowest BCUT2D eigenvalue weighted by Crippen LogP contribution is -1.98. The highest BCUT2D eigenvalue weighted by atomic mass is 79.9. The Morgan fingerprint density at radius 1 is 1.31 bits per heavy atom. The van der Waals surface area contributed by atoms with E-state index in [9.17, 15) is 5.11 Å². The van der Waals surface area contributed by atoms with Crippen molar-refractivity contribution in [3.05, 3.63) is 38.2 Å². The van der Waals surface area contributed by atoms with Gasteiger partial charge in [0.15, 0.2) is 5.13 Å². The fourth-order valence-corrected chi connectivity index (χ4v) is 3.02. The minimum absolute atomic E-state index is 0.220. The summed E-state index contributed by atoms with van der Waals surface area (Å²) in [6, 6.07) is 3.75. The van der Waals surface area contributed by atoms with Gasteiger partial charge in [0.05, 0.1) is 8.95 Å². The lowest BCUT2D eigenvalue weighted by atomic mass is 10.2. The molecule has 1 heterocycles. The van der Waals surface area contributed by atoms with Crippen molar-refractivity contribution in [3.8, 4) is 5.75 Å². The van der Waals surface area contributed by atoms with E-state index in [1.807, 2.05) is 17.5 Å². The largest absolute Gasteiger partial charge is 0.506 e. The Morgan fingerprint density at radius 2 is 2.00 bits per heavy atom. The van der Waals surface area contributed by atoms with Gasteiger partial charge in [0.1, 0.15) is 5.75 Å². The summed E-state index contributed by atoms with van der Waals surface area (Å²) in [5.41, 5.74) is 1.06. The van der Waals surface area contributed by atoms with Crippen molar-refractivity contribution in [2.75, 3.05) is 5.32 Å². The van der Waals surface area contributed by atoms with Crippen molar-refractivity contribution in [2.24, 2.45) is 0 Å². The molecule has 0 aliphatic rings. The lowest BCUT2D eigenvalue weighted by molar-refractivity contribution is 0.468. The van der Waals surface area contributed by atoms with Crippen molar-refractivity contribution in [2.45, 2.75) is 6.54 Å². The Labute approximate surface area is 114 Å². The smallest absolute Gasteiger partial charge is 0.182 e. The van der Waals surface area contributed by atoms with E-state index in [4.69, 9.17) is 0 Å². The molecule has 84 valence electrons. The van der Waals surface area contributed by atoms with Crippen LogP contribution in [0.25, 0.3) is 0 Å². The van der Waals surface area contributed by atoms with Gasteiger partial charge in [0.25, 0.3) is 0 Å². The standard InChI is InChI=1S/C10H8Br2N2OS/c11-7-3-6(4-8(12)9(7)15)5-14-10-13-1-2-16-10/h1-4,15H,5H2,(H,13,14). The Morgan fingerprint density at radius 3 is 2.56 bits per heavy atom. The summed E-state index contributed by atoms with van der Waals surface area (Å²) >= 11 is 8.15. The van der Waals surface area contributed by atoms with Gasteiger partial charge in [-0.2, -0.15) is 0 Å². The van der Waals surface area contributed by atoms with E-state index in [2.05, 4.69) is 42.2 Å². The van der Waals surface area contributed by atoms with E-state index in [0.29, 0.717) is 15.5 Å². The number of rotatable bonds is 3. The second-order valence-electron chi connectivity index (χ2n) is 3.10. The molecule has 0 spiro atoms. The van der Waals surface area contributed by atoms with Crippen LogP contribution in [-0.2, 0) is 6.54 Å². The Bertz CT molecular complexity index is 465. The molecular formula is C10H8Br2N2OS. The van der Waals surface area contributed by atoms with Crippen molar-refractivity contribution in [1.82, 2.24) is 4.98 Å². The topological polar surface area (TPSA) is 45.1 Å². The zero-order valence-corrected chi connectivity index (χ0v) is 12.1. The fraction of sp³-hybridized carbons (Fsp3) is 0.100. The van der Waals surface area contributed by atoms with Gasteiger partial charge in [-0.25, -0.2) is 4.98 Å². The highest BCUT2D eigenvalue weighted by Gasteiger charge is 2.05. The van der Waals surface area contributed by atoms with Crippen LogP contribution in [0.4, 0.5) is 5.13 Å². The molecule has 6 heteroatoms. The Kier molecular flexibility index (Phi) is 3.83. The molecule has 2 rings (SSSR count). The van der Waals surface area contributed by atoms with E-state index in [1.165, 1.54) is 0 Å². The van der Waals surface area contributed by atoms with Crippen LogP contribution in [0.5, 0.6) is 5.75 Å². The summed E-state index contributed by atoms with van der Waals surface area (Å²) in [4.78, 5) is 4.13. The van der Waals surface area contributed by atoms with E-state index in [-0.39, 0.29) is 5.75 Å². The highest BCUT2D eigenvalue weighted by Crippen LogP contribution is 2.33. The SMILES string of the molecule is Oc1c(Br)cc(CNc2nccs2)cc1Br. The first kappa shape index (κ1) is 11.9. The Balaban J connectivity index is 2.10. The molecule has 0 radical (unpaired) electrons. The summed E-state index contributed by atoms with van der Waals surface area (Å²) in [7, 11) is 0. The number of phenols is 1. The van der Waals surface area contributed by atoms with Gasteiger partial charge in [-0.05, 0) is 49.6 Å². The van der Waals surface area contributed by atoms with Crippen LogP contribution in [0.1, 0.15) is 5.56 Å². The van der Waals surface area contributed by atoms with Crippen molar-refractivity contribution in [3.63, 3.8) is 0 Å². The summed E-state index contributed by atoms with van der Waals surface area (Å²) in [5.74, 6) is 0.220. The summed E-state index contributed by atoms with van der Waals surface area (Å²) in [5, 5.41) is 15.6. The van der Waals surface area contributed by atoms with Gasteiger partial charge in [0.2, 0.25) is 0 Å². The number of benzene rings is 1. The van der Waals surface area contributed by atoms with Gasteiger partial charge in [-0.15, -0.1) is 11.3 Å². The molecule has 0 amide bonds. The van der Waals surface area contributed by atoms with Gasteiger partial charge in [-0.3, -0.25) is 0 Å². The zero-order chi connectivity index (χ0) is 11.5. The number of thiazole rings is 1. The van der Waals surface area contributed by atoms with E-state index >= 15 is 0 Å². The summed E-state index contributed by atoms with van der Waals surface area (Å²) < 4.78 is 1.36. The molecule has 3 nitrogen and oxygen atoms in total. The molecular weight excluding hydrogens is 356 g/mol. The first-order valence-electron chi connectivity index (χ1n) is 4.47. The van der Waals surface area contributed by atoms with Crippen LogP contribution >= 0.6 is 43.2 Å². The number of anilines is 1. The summed E-state index contributed by atoms with van der Waals surface area (Å²) in [6.07, 6.45) is 1.76. The molecule has 2 N–H and O–H groups in total. The molecule has 16 heavy (non-hydrogen) atoms. The predicted octanol–water partition coefficient (Wildman–Crippen LogP) is 3.99. The van der Waals surface area contributed by atoms with Crippen LogP contribution in [-0.4, -0.2) is 10.1 Å². The maximum atomic E-state index is 9.56. The predicted molar refractivity (Wildman–Crippen MR) is 72.9 cm³/mol. The molecule has 2 aromatic rings. The van der Waals surface area contributed by atoms with Crippen LogP contribution in [0.15, 0.2) is 32.7 Å². The van der Waals surface area contributed by atoms with Crippen LogP contribution < -0.4 is 5.32 Å². The lowest BCUT2D eigenvalue weighted by Gasteiger charge is -2.06. The van der Waals surface area contributed by atoms with Gasteiger partial charge >= 0.3 is 0 Å². The number of hydrogen-bond acceptors (Lipinski definition) is 4. The Hall–Kier alpha value is -0.590. The molecule has 0 unspecified atom stereocenters. The quantitative estimate of drug-likeness (QED) is 0.866. The molecule has 0 bridgehead atoms. The number of nitrogens with zero attached hydrogens (tertiary/aromatic N) is 1. The maximum Gasteiger partial charge on any atom is 0.182 e. The highest BCUT2D eigenvalue weighted by molar-refractivity contribution is 9.11. The van der Waals surface area contributed by atoms with Crippen molar-refractivity contribution >= 4 is 48.3 Å². The van der Waals surface area contributed by atoms with Crippen LogP contribution in [0, 0.1) is 0 Å². The summed E-state index contributed by atoms with van der Waals surface area (Å²) in [6.45, 7) is 0.672. The number of aromatic hydroxyl groups is 1. The minimum Gasteiger partial charge on any atom is -0.506 e. The van der Waals surface area contributed by atoms with Gasteiger partial charge in [0, 0.05) is 18.1 Å². The molecule has 0 fully saturated rings. The first-order chi connectivity index (χ1) is 7.66. The van der Waals surface area contributed by atoms with E-state index < -0.39 is 0 Å². The molecule has 0 aliphatic carbocycles. The average molecular weight is 364 g/mol. The number of nitrogens with one attached hydrogen (secondary N) is 1. The van der Waals surface area contributed by atoms with Crippen LogP contribution in [0.3, 0.4) is 0 Å². The van der Waals surface area contributed by atoms with Crippen LogP contribution in [0.2, 0.25) is 0 Å². The monoisotopic (exact) mass is 362 g/mol. The first-order valence-corrected chi connectivity index (χ1v) is 6.93. The van der Waals surface area contributed by atoms with E-state index in [1.54, 1.807) is 17.5 Å². The third-order valence-corrected chi connectivity index (χ3v) is 3.89. The third-order valence-electron chi connectivity index (χ3n) is 1.95. The van der Waals surface area contributed by atoms with E-state index in [0.717, 1.165) is 10.7 Å². The minimum atomic E-state index is 0.220. The zero-order valence-electron chi connectivity index (χ0n) is 8.08. The number of aromatic nitrogens is 1.